The molecule has 0 saturated heterocycles. The van der Waals surface area contributed by atoms with Gasteiger partial charge in [0.2, 0.25) is 0 Å². The predicted molar refractivity (Wildman–Crippen MR) is 35.6 cm³/mol. The van der Waals surface area contributed by atoms with Crippen molar-refractivity contribution in [2.24, 2.45) is 0 Å². The number of allylic oxidation sites excluding steroid dienone is 1. The van der Waals surface area contributed by atoms with E-state index in [1.807, 2.05) is 6.92 Å². The zero-order valence-electron chi connectivity index (χ0n) is 5.24. The first kappa shape index (κ1) is 8.65. The standard InChI is InChI=1S/C5H10O3S/c1-2-3-4-5-9(6,7)8/h4-5H,2-3H2,1H3,(H,6,7,8). The third-order valence-corrected chi connectivity index (χ3v) is 1.26. The summed E-state index contributed by atoms with van der Waals surface area (Å²) in [6, 6.07) is 0. The van der Waals surface area contributed by atoms with Crippen molar-refractivity contribution in [1.29, 1.82) is 0 Å². The fourth-order valence-electron chi connectivity index (χ4n) is 0.356. The lowest BCUT2D eigenvalue weighted by atomic mass is 10.3. The summed E-state index contributed by atoms with van der Waals surface area (Å²) < 4.78 is 28.1. The van der Waals surface area contributed by atoms with Crippen LogP contribution in [0.3, 0.4) is 0 Å². The molecule has 0 aromatic carbocycles. The summed E-state index contributed by atoms with van der Waals surface area (Å²) in [5, 5.41) is 0.802. The van der Waals surface area contributed by atoms with Crippen molar-refractivity contribution in [2.75, 3.05) is 0 Å². The monoisotopic (exact) mass is 150 g/mol. The normalized spacial score (nSPS) is 12.7. The molecule has 54 valence electrons. The molecular weight excluding hydrogens is 140 g/mol. The number of hydrogen-bond donors (Lipinski definition) is 1. The van der Waals surface area contributed by atoms with Crippen LogP contribution in [0.1, 0.15) is 19.8 Å². The van der Waals surface area contributed by atoms with Gasteiger partial charge in [-0.3, -0.25) is 4.55 Å². The highest BCUT2D eigenvalue weighted by Gasteiger charge is 1.92. The average Bonchev–Trinajstić information content (AvgIpc) is 1.63. The summed E-state index contributed by atoms with van der Waals surface area (Å²) in [4.78, 5) is 0. The van der Waals surface area contributed by atoms with Gasteiger partial charge in [-0.25, -0.2) is 0 Å². The van der Waals surface area contributed by atoms with Gasteiger partial charge in [0.05, 0.1) is 5.41 Å². The largest absolute Gasteiger partial charge is 0.287 e. The van der Waals surface area contributed by atoms with E-state index >= 15 is 0 Å². The van der Waals surface area contributed by atoms with Gasteiger partial charge in [0.25, 0.3) is 10.1 Å². The maximum atomic E-state index is 9.97. The SMILES string of the molecule is CCCC=CS(=O)(=O)O. The van der Waals surface area contributed by atoms with Crippen LogP contribution >= 0.6 is 0 Å². The van der Waals surface area contributed by atoms with Crippen LogP contribution in [0, 0.1) is 0 Å². The minimum atomic E-state index is -3.88. The van der Waals surface area contributed by atoms with Crippen LogP contribution in [-0.2, 0) is 10.1 Å². The maximum Gasteiger partial charge on any atom is 0.287 e. The number of hydrogen-bond acceptors (Lipinski definition) is 2. The maximum absolute atomic E-state index is 9.97. The van der Waals surface area contributed by atoms with Crippen LogP contribution in [0.25, 0.3) is 0 Å². The summed E-state index contributed by atoms with van der Waals surface area (Å²) in [7, 11) is -3.88. The third-order valence-electron chi connectivity index (χ3n) is 0.724. The van der Waals surface area contributed by atoms with Crippen LogP contribution in [0.2, 0.25) is 0 Å². The highest BCUT2D eigenvalue weighted by atomic mass is 32.2. The Labute approximate surface area is 55.1 Å². The van der Waals surface area contributed by atoms with Gasteiger partial charge in [-0.2, -0.15) is 8.42 Å². The van der Waals surface area contributed by atoms with Crippen LogP contribution in [0.5, 0.6) is 0 Å². The molecule has 0 amide bonds. The Kier molecular flexibility index (Phi) is 3.49. The molecular formula is C5H10O3S. The van der Waals surface area contributed by atoms with E-state index in [1.54, 1.807) is 0 Å². The lowest BCUT2D eigenvalue weighted by molar-refractivity contribution is 0.494. The Bertz CT molecular complexity index is 178. The quantitative estimate of drug-likeness (QED) is 0.615. The second-order valence-corrected chi connectivity index (χ2v) is 2.98. The van der Waals surface area contributed by atoms with E-state index in [2.05, 4.69) is 0 Å². The zero-order valence-corrected chi connectivity index (χ0v) is 6.06. The molecule has 3 nitrogen and oxygen atoms in total. The molecule has 0 rings (SSSR count). The van der Waals surface area contributed by atoms with Crippen molar-refractivity contribution in [3.63, 3.8) is 0 Å². The molecule has 0 bridgehead atoms. The van der Waals surface area contributed by atoms with Gasteiger partial charge in [-0.05, 0) is 6.42 Å². The van der Waals surface area contributed by atoms with E-state index in [4.69, 9.17) is 4.55 Å². The lowest BCUT2D eigenvalue weighted by Gasteiger charge is -1.82. The molecule has 0 aliphatic carbocycles. The summed E-state index contributed by atoms with van der Waals surface area (Å²) in [5.74, 6) is 0. The minimum absolute atomic E-state index is 0.680. The molecule has 0 aromatic rings. The summed E-state index contributed by atoms with van der Waals surface area (Å²) in [6.07, 6.45) is 2.99. The van der Waals surface area contributed by atoms with Gasteiger partial charge < -0.3 is 0 Å². The van der Waals surface area contributed by atoms with Crippen molar-refractivity contribution in [3.8, 4) is 0 Å². The van der Waals surface area contributed by atoms with Crippen LogP contribution < -0.4 is 0 Å². The van der Waals surface area contributed by atoms with Crippen molar-refractivity contribution in [1.82, 2.24) is 0 Å². The van der Waals surface area contributed by atoms with Crippen LogP contribution in [0.15, 0.2) is 11.5 Å². The van der Waals surface area contributed by atoms with Gasteiger partial charge in [0.15, 0.2) is 0 Å². The van der Waals surface area contributed by atoms with E-state index in [1.165, 1.54) is 6.08 Å². The Hall–Kier alpha value is -0.350. The van der Waals surface area contributed by atoms with E-state index in [0.29, 0.717) is 6.42 Å². The second-order valence-electron chi connectivity index (χ2n) is 1.68. The molecule has 0 radical (unpaired) electrons. The molecule has 0 atom stereocenters. The van der Waals surface area contributed by atoms with Crippen molar-refractivity contribution < 1.29 is 13.0 Å². The summed E-state index contributed by atoms with van der Waals surface area (Å²) in [5.41, 5.74) is 0. The van der Waals surface area contributed by atoms with Crippen molar-refractivity contribution in [3.05, 3.63) is 11.5 Å². The Morgan fingerprint density at radius 2 is 2.11 bits per heavy atom. The van der Waals surface area contributed by atoms with Crippen LogP contribution in [-0.4, -0.2) is 13.0 Å². The van der Waals surface area contributed by atoms with Crippen molar-refractivity contribution in [2.45, 2.75) is 19.8 Å². The average molecular weight is 150 g/mol. The molecule has 1 N–H and O–H groups in total. The highest BCUT2D eigenvalue weighted by Crippen LogP contribution is 1.91. The van der Waals surface area contributed by atoms with Gasteiger partial charge in [0, 0.05) is 0 Å². The van der Waals surface area contributed by atoms with Gasteiger partial charge in [-0.1, -0.05) is 19.4 Å². The van der Waals surface area contributed by atoms with E-state index < -0.39 is 10.1 Å². The Morgan fingerprint density at radius 3 is 2.44 bits per heavy atom. The molecule has 0 aliphatic heterocycles. The number of rotatable bonds is 3. The fraction of sp³-hybridized carbons (Fsp3) is 0.600. The molecule has 0 fully saturated rings. The predicted octanol–water partition coefficient (Wildman–Crippen LogP) is 1.19. The summed E-state index contributed by atoms with van der Waals surface area (Å²) >= 11 is 0. The molecule has 0 unspecified atom stereocenters. The van der Waals surface area contributed by atoms with E-state index in [0.717, 1.165) is 11.8 Å². The molecule has 4 heteroatoms. The number of unbranched alkanes of at least 4 members (excludes halogenated alkanes) is 1. The fourth-order valence-corrected chi connectivity index (χ4v) is 0.736. The Balaban J connectivity index is 3.73. The van der Waals surface area contributed by atoms with Gasteiger partial charge in [-0.15, -0.1) is 0 Å². The van der Waals surface area contributed by atoms with E-state index in [9.17, 15) is 8.42 Å². The van der Waals surface area contributed by atoms with Gasteiger partial charge in [0.1, 0.15) is 0 Å². The van der Waals surface area contributed by atoms with Crippen LogP contribution in [0.4, 0.5) is 0 Å². The molecule has 0 aromatic heterocycles. The lowest BCUT2D eigenvalue weighted by Crippen LogP contribution is -1.88. The van der Waals surface area contributed by atoms with Gasteiger partial charge >= 0.3 is 0 Å². The molecule has 0 spiro atoms. The first-order valence-corrected chi connectivity index (χ1v) is 4.20. The second kappa shape index (κ2) is 3.63. The molecule has 0 saturated carbocycles. The molecule has 9 heavy (non-hydrogen) atoms. The topological polar surface area (TPSA) is 54.4 Å². The highest BCUT2D eigenvalue weighted by molar-refractivity contribution is 7.88. The molecule has 0 heterocycles. The first-order chi connectivity index (χ1) is 4.06. The van der Waals surface area contributed by atoms with Crippen molar-refractivity contribution >= 4 is 10.1 Å². The Morgan fingerprint density at radius 1 is 1.56 bits per heavy atom. The zero-order chi connectivity index (χ0) is 7.33. The van der Waals surface area contributed by atoms with E-state index in [-0.39, 0.29) is 0 Å². The minimum Gasteiger partial charge on any atom is -0.282 e. The smallest absolute Gasteiger partial charge is 0.282 e. The first-order valence-electron chi connectivity index (χ1n) is 2.70. The molecule has 0 aliphatic rings. The third kappa shape index (κ3) is 7.65. The summed E-state index contributed by atoms with van der Waals surface area (Å²) in [6.45, 7) is 1.92.